The smallest absolute Gasteiger partial charge is 0.110 e. The molecule has 0 saturated heterocycles. The van der Waals surface area contributed by atoms with Crippen molar-refractivity contribution < 1.29 is 0 Å². The predicted molar refractivity (Wildman–Crippen MR) is 225 cm³/mol. The largest absolute Gasteiger partial charge is 0.142 e. The van der Waals surface area contributed by atoms with E-state index in [-0.39, 0.29) is 0 Å². The van der Waals surface area contributed by atoms with Gasteiger partial charge in [0.05, 0.1) is 19.5 Å². The molecule has 0 aromatic carbocycles. The van der Waals surface area contributed by atoms with Gasteiger partial charge in [-0.1, -0.05) is 129 Å². The minimum Gasteiger partial charge on any atom is -0.142 e. The van der Waals surface area contributed by atoms with Crippen molar-refractivity contribution in [3.8, 4) is 29.3 Å². The third kappa shape index (κ3) is 11.4. The summed E-state index contributed by atoms with van der Waals surface area (Å²) in [5.41, 5.74) is 4.14. The van der Waals surface area contributed by atoms with Crippen LogP contribution >= 0.6 is 57.3 Å². The van der Waals surface area contributed by atoms with E-state index < -0.39 is 0 Å². The molecule has 7 heteroatoms. The molecule has 49 heavy (non-hydrogen) atoms. The molecule has 0 atom stereocenters. The predicted octanol–water partition coefficient (Wildman–Crippen LogP) is 17.6. The summed E-state index contributed by atoms with van der Waals surface area (Å²) in [7, 11) is 0. The van der Waals surface area contributed by atoms with E-state index >= 15 is 0 Å². The van der Waals surface area contributed by atoms with Gasteiger partial charge in [-0.15, -0.1) is 55.0 Å². The molecule has 0 spiro atoms. The van der Waals surface area contributed by atoms with E-state index in [9.17, 15) is 0 Å². The Labute approximate surface area is 318 Å². The second-order valence-corrected chi connectivity index (χ2v) is 19.5. The molecule has 1 aliphatic heterocycles. The highest BCUT2D eigenvalue weighted by Crippen LogP contribution is 2.57. The van der Waals surface area contributed by atoms with Crippen molar-refractivity contribution in [1.82, 2.24) is 0 Å². The minimum atomic E-state index is 1.10. The molecule has 0 amide bonds. The zero-order valence-corrected chi connectivity index (χ0v) is 34.9. The molecular formula is C42H60N2S5. The fraction of sp³-hybridized carbons (Fsp3) is 0.619. The van der Waals surface area contributed by atoms with Gasteiger partial charge in [-0.2, -0.15) is 0 Å². The first-order valence-corrected chi connectivity index (χ1v) is 23.7. The maximum absolute atomic E-state index is 4.99. The summed E-state index contributed by atoms with van der Waals surface area (Å²) < 4.78 is 4.81. The van der Waals surface area contributed by atoms with E-state index in [0.29, 0.717) is 0 Å². The Balaban J connectivity index is 1.27. The SMILES string of the molecule is CCCCCCCCCCCCc1c(-c2ccc(-c3ccc(C)s3)s2)sc2c1N=NSc1c-2sc(C)c1CCCCCCCCCCCC. The zero-order chi connectivity index (χ0) is 34.3. The van der Waals surface area contributed by atoms with Crippen molar-refractivity contribution in [1.29, 1.82) is 0 Å². The molecule has 268 valence electrons. The van der Waals surface area contributed by atoms with E-state index in [0.717, 1.165) is 12.1 Å². The summed E-state index contributed by atoms with van der Waals surface area (Å²) in [5, 5.41) is 4.99. The first-order valence-electron chi connectivity index (χ1n) is 19.6. The lowest BCUT2D eigenvalue weighted by Gasteiger charge is -2.05. The molecule has 4 aromatic heterocycles. The first kappa shape index (κ1) is 39.0. The number of thiophene rings is 4. The van der Waals surface area contributed by atoms with Gasteiger partial charge in [0.1, 0.15) is 5.69 Å². The molecule has 1 aliphatic rings. The van der Waals surface area contributed by atoms with Crippen LogP contribution in [-0.4, -0.2) is 0 Å². The molecule has 0 aliphatic carbocycles. The Kier molecular flexibility index (Phi) is 17.0. The van der Waals surface area contributed by atoms with Gasteiger partial charge in [-0.25, -0.2) is 0 Å². The van der Waals surface area contributed by atoms with Crippen LogP contribution in [0.25, 0.3) is 29.3 Å². The summed E-state index contributed by atoms with van der Waals surface area (Å²) in [5.74, 6) is 0. The number of unbranched alkanes of at least 4 members (excludes halogenated alkanes) is 18. The minimum absolute atomic E-state index is 1.10. The van der Waals surface area contributed by atoms with Gasteiger partial charge in [-0.05, 0) is 74.9 Å². The van der Waals surface area contributed by atoms with Crippen LogP contribution in [-0.2, 0) is 12.8 Å². The summed E-state index contributed by atoms with van der Waals surface area (Å²) in [6, 6.07) is 9.23. The van der Waals surface area contributed by atoms with Crippen LogP contribution in [0.1, 0.15) is 163 Å². The van der Waals surface area contributed by atoms with Crippen molar-refractivity contribution in [3.63, 3.8) is 0 Å². The van der Waals surface area contributed by atoms with E-state index in [1.165, 1.54) is 190 Å². The van der Waals surface area contributed by atoms with E-state index in [2.05, 4.69) is 52.0 Å². The fourth-order valence-corrected chi connectivity index (χ4v) is 12.8. The van der Waals surface area contributed by atoms with Crippen molar-refractivity contribution in [2.45, 2.75) is 174 Å². The summed E-state index contributed by atoms with van der Waals surface area (Å²) in [4.78, 5) is 12.6. The van der Waals surface area contributed by atoms with E-state index in [1.807, 2.05) is 45.3 Å². The average Bonchev–Trinajstić information content (AvgIpc) is 3.88. The number of hydrogen-bond acceptors (Lipinski definition) is 7. The van der Waals surface area contributed by atoms with Crippen LogP contribution in [0.15, 0.2) is 38.8 Å². The molecule has 0 saturated carbocycles. The maximum atomic E-state index is 4.99. The molecular weight excluding hydrogens is 693 g/mol. The standard InChI is InChI=1S/C42H60N2S5/c1-5-7-9-11-13-15-17-19-21-23-25-33-32(4)46-42-40(33)49-44-43-38-34(26-24-22-20-18-16-14-12-10-8-6-2)39(48-41(38)42)37-30-29-36(47-37)35-28-27-31(3)45-35/h27-30H,5-26H2,1-4H3. The van der Waals surface area contributed by atoms with Gasteiger partial charge in [0, 0.05) is 36.3 Å². The van der Waals surface area contributed by atoms with Crippen molar-refractivity contribution in [3.05, 3.63) is 45.1 Å². The van der Waals surface area contributed by atoms with Gasteiger partial charge in [-0.3, -0.25) is 0 Å². The third-order valence-electron chi connectivity index (χ3n) is 9.99. The molecule has 5 heterocycles. The second-order valence-electron chi connectivity index (χ2n) is 14.1. The van der Waals surface area contributed by atoms with Gasteiger partial charge in [0.25, 0.3) is 0 Å². The van der Waals surface area contributed by atoms with Crippen molar-refractivity contribution >= 4 is 63.0 Å². The Morgan fingerprint density at radius 2 is 0.980 bits per heavy atom. The van der Waals surface area contributed by atoms with Gasteiger partial charge < -0.3 is 0 Å². The number of hydrogen-bond donors (Lipinski definition) is 0. The Bertz CT molecular complexity index is 1570. The van der Waals surface area contributed by atoms with Crippen LogP contribution in [0.5, 0.6) is 0 Å². The van der Waals surface area contributed by atoms with Gasteiger partial charge >= 0.3 is 0 Å². The Morgan fingerprint density at radius 3 is 1.55 bits per heavy atom. The molecule has 5 rings (SSSR count). The quantitative estimate of drug-likeness (QED) is 0.0517. The van der Waals surface area contributed by atoms with Crippen LogP contribution in [0, 0.1) is 13.8 Å². The highest BCUT2D eigenvalue weighted by Gasteiger charge is 2.28. The van der Waals surface area contributed by atoms with Crippen LogP contribution < -0.4 is 0 Å². The summed E-state index contributed by atoms with van der Waals surface area (Å²) in [6.45, 7) is 9.15. The second kappa shape index (κ2) is 21.3. The molecule has 2 nitrogen and oxygen atoms in total. The molecule has 0 bridgehead atoms. The lowest BCUT2D eigenvalue weighted by molar-refractivity contribution is 0.556. The molecule has 0 radical (unpaired) electrons. The molecule has 0 N–H and O–H groups in total. The number of nitrogens with zero attached hydrogens (tertiary/aromatic N) is 2. The lowest BCUT2D eigenvalue weighted by atomic mass is 10.0. The van der Waals surface area contributed by atoms with Gasteiger partial charge in [0.2, 0.25) is 0 Å². The van der Waals surface area contributed by atoms with Gasteiger partial charge in [0.15, 0.2) is 0 Å². The van der Waals surface area contributed by atoms with Crippen LogP contribution in [0.3, 0.4) is 0 Å². The Morgan fingerprint density at radius 1 is 0.469 bits per heavy atom. The topological polar surface area (TPSA) is 24.7 Å². The fourth-order valence-electron chi connectivity index (χ4n) is 7.08. The number of rotatable bonds is 24. The monoisotopic (exact) mass is 752 g/mol. The zero-order valence-electron chi connectivity index (χ0n) is 30.8. The van der Waals surface area contributed by atoms with Crippen LogP contribution in [0.4, 0.5) is 5.69 Å². The van der Waals surface area contributed by atoms with Crippen LogP contribution in [0.2, 0.25) is 0 Å². The summed E-state index contributed by atoms with van der Waals surface area (Å²) >= 11 is 9.48. The average molecular weight is 753 g/mol. The third-order valence-corrected chi connectivity index (χ3v) is 15.9. The van der Waals surface area contributed by atoms with Crippen molar-refractivity contribution in [2.75, 3.05) is 0 Å². The normalized spacial score (nSPS) is 12.5. The summed E-state index contributed by atoms with van der Waals surface area (Å²) in [6.07, 6.45) is 29.7. The first-order chi connectivity index (χ1) is 24.1. The molecule has 4 aromatic rings. The number of aryl methyl sites for hydroxylation is 2. The van der Waals surface area contributed by atoms with Crippen molar-refractivity contribution in [2.24, 2.45) is 9.63 Å². The lowest BCUT2D eigenvalue weighted by Crippen LogP contribution is -1.89. The van der Waals surface area contributed by atoms with E-state index in [4.69, 9.17) is 9.63 Å². The maximum Gasteiger partial charge on any atom is 0.110 e. The van der Waals surface area contributed by atoms with E-state index in [1.54, 1.807) is 11.9 Å². The molecule has 0 fully saturated rings. The molecule has 0 unspecified atom stereocenters. The highest BCUT2D eigenvalue weighted by atomic mass is 32.2. The highest BCUT2D eigenvalue weighted by molar-refractivity contribution is 7.98. The Hall–Kier alpha value is -1.25. The number of fused-ring (bicyclic) bond motifs is 3.